The molecule has 0 aliphatic heterocycles. The van der Waals surface area contributed by atoms with E-state index in [1.54, 1.807) is 24.3 Å². The lowest BCUT2D eigenvalue weighted by Crippen LogP contribution is -2.00. The number of aromatic nitrogens is 4. The van der Waals surface area contributed by atoms with Crippen molar-refractivity contribution in [2.75, 3.05) is 0 Å². The van der Waals surface area contributed by atoms with E-state index >= 15 is 0 Å². The highest BCUT2D eigenvalue weighted by molar-refractivity contribution is 9.10. The molecule has 0 unspecified atom stereocenters. The zero-order valence-electron chi connectivity index (χ0n) is 10.8. The van der Waals surface area contributed by atoms with Crippen molar-refractivity contribution in [3.05, 3.63) is 64.6 Å². The summed E-state index contributed by atoms with van der Waals surface area (Å²) in [5, 5.41) is 11.0. The van der Waals surface area contributed by atoms with Crippen LogP contribution in [0.3, 0.4) is 0 Å². The number of tetrazole rings is 1. The van der Waals surface area contributed by atoms with Crippen LogP contribution in [-0.4, -0.2) is 20.2 Å². The third-order valence-electron chi connectivity index (χ3n) is 2.84. The Morgan fingerprint density at radius 3 is 2.86 bits per heavy atom. The van der Waals surface area contributed by atoms with Crippen molar-refractivity contribution in [1.29, 1.82) is 0 Å². The van der Waals surface area contributed by atoms with Gasteiger partial charge < -0.3 is 4.74 Å². The summed E-state index contributed by atoms with van der Waals surface area (Å²) in [4.78, 5) is 0. The summed E-state index contributed by atoms with van der Waals surface area (Å²) in [5.41, 5.74) is 1.26. The Morgan fingerprint density at radius 2 is 2.10 bits per heavy atom. The number of halogens is 2. The summed E-state index contributed by atoms with van der Waals surface area (Å²) in [5.74, 6) is 0.311. The number of benzene rings is 2. The lowest BCUT2D eigenvalue weighted by Gasteiger charge is -2.08. The summed E-state index contributed by atoms with van der Waals surface area (Å²) < 4.78 is 21.5. The summed E-state index contributed by atoms with van der Waals surface area (Å²) in [6.07, 6.45) is 1.49. The lowest BCUT2D eigenvalue weighted by atomic mass is 10.2. The summed E-state index contributed by atoms with van der Waals surface area (Å²) in [6, 6.07) is 12.1. The smallest absolute Gasteiger partial charge is 0.143 e. The summed E-state index contributed by atoms with van der Waals surface area (Å²) >= 11 is 3.22. The highest BCUT2D eigenvalue weighted by Crippen LogP contribution is 2.20. The Hall–Kier alpha value is -2.28. The van der Waals surface area contributed by atoms with Gasteiger partial charge in [0.25, 0.3) is 0 Å². The van der Waals surface area contributed by atoms with Gasteiger partial charge in [-0.3, -0.25) is 0 Å². The van der Waals surface area contributed by atoms with Gasteiger partial charge in [-0.15, -0.1) is 5.10 Å². The predicted octanol–water partition coefficient (Wildman–Crippen LogP) is 3.14. The molecule has 0 atom stereocenters. The molecule has 0 amide bonds. The van der Waals surface area contributed by atoms with Crippen LogP contribution in [0.5, 0.6) is 5.75 Å². The van der Waals surface area contributed by atoms with Crippen LogP contribution in [0.25, 0.3) is 5.69 Å². The quantitative estimate of drug-likeness (QED) is 0.726. The van der Waals surface area contributed by atoms with Crippen LogP contribution in [0.2, 0.25) is 0 Å². The molecule has 1 heterocycles. The maximum Gasteiger partial charge on any atom is 0.143 e. The number of hydrogen-bond donors (Lipinski definition) is 0. The zero-order valence-corrected chi connectivity index (χ0v) is 12.4. The molecule has 0 N–H and O–H groups in total. The fraction of sp³-hybridized carbons (Fsp3) is 0.0714. The molecule has 0 spiro atoms. The second-order valence-electron chi connectivity index (χ2n) is 4.28. The van der Waals surface area contributed by atoms with Crippen molar-refractivity contribution in [3.63, 3.8) is 0 Å². The molecule has 0 bridgehead atoms. The molecule has 0 fully saturated rings. The van der Waals surface area contributed by atoms with Gasteiger partial charge >= 0.3 is 0 Å². The standard InChI is InChI=1S/C14H10BrFN4O/c15-11-5-4-10(14(16)6-11)8-21-13-3-1-2-12(7-13)20-9-17-18-19-20/h1-7,9H,8H2. The normalized spacial score (nSPS) is 10.6. The maximum absolute atomic E-state index is 13.7. The largest absolute Gasteiger partial charge is 0.489 e. The van der Waals surface area contributed by atoms with E-state index in [9.17, 15) is 4.39 Å². The fourth-order valence-corrected chi connectivity index (χ4v) is 2.13. The zero-order chi connectivity index (χ0) is 14.7. The van der Waals surface area contributed by atoms with Gasteiger partial charge in [-0.2, -0.15) is 0 Å². The number of rotatable bonds is 4. The molecule has 0 aliphatic rings. The second kappa shape index (κ2) is 6.01. The number of hydrogen-bond acceptors (Lipinski definition) is 4. The third-order valence-corrected chi connectivity index (χ3v) is 3.33. The Labute approximate surface area is 128 Å². The van der Waals surface area contributed by atoms with E-state index in [1.165, 1.54) is 17.1 Å². The van der Waals surface area contributed by atoms with E-state index in [2.05, 4.69) is 31.5 Å². The predicted molar refractivity (Wildman–Crippen MR) is 77.6 cm³/mol. The maximum atomic E-state index is 13.7. The fourth-order valence-electron chi connectivity index (χ4n) is 1.80. The molecule has 0 saturated carbocycles. The van der Waals surface area contributed by atoms with E-state index in [0.29, 0.717) is 15.8 Å². The van der Waals surface area contributed by atoms with Crippen LogP contribution >= 0.6 is 15.9 Å². The number of nitrogens with zero attached hydrogens (tertiary/aromatic N) is 4. The van der Waals surface area contributed by atoms with Gasteiger partial charge in [-0.25, -0.2) is 9.07 Å². The van der Waals surface area contributed by atoms with Crippen LogP contribution in [0.1, 0.15) is 5.56 Å². The van der Waals surface area contributed by atoms with Crippen molar-refractivity contribution in [2.45, 2.75) is 6.61 Å². The van der Waals surface area contributed by atoms with Gasteiger partial charge in [-0.05, 0) is 34.7 Å². The van der Waals surface area contributed by atoms with Crippen LogP contribution in [0.15, 0.2) is 53.3 Å². The van der Waals surface area contributed by atoms with Crippen molar-refractivity contribution < 1.29 is 9.13 Å². The first kappa shape index (κ1) is 13.7. The number of ether oxygens (including phenoxy) is 1. The molecular formula is C14H10BrFN4O. The van der Waals surface area contributed by atoms with Gasteiger partial charge in [0.2, 0.25) is 0 Å². The van der Waals surface area contributed by atoms with Gasteiger partial charge in [0, 0.05) is 16.1 Å². The second-order valence-corrected chi connectivity index (χ2v) is 5.19. The average Bonchev–Trinajstić information content (AvgIpc) is 3.01. The Balaban J connectivity index is 1.75. The highest BCUT2D eigenvalue weighted by Gasteiger charge is 2.05. The highest BCUT2D eigenvalue weighted by atomic mass is 79.9. The summed E-state index contributed by atoms with van der Waals surface area (Å²) in [7, 11) is 0. The van der Waals surface area contributed by atoms with E-state index in [0.717, 1.165) is 5.69 Å². The minimum atomic E-state index is -0.305. The minimum Gasteiger partial charge on any atom is -0.489 e. The molecule has 7 heteroatoms. The molecule has 21 heavy (non-hydrogen) atoms. The molecule has 2 aromatic carbocycles. The van der Waals surface area contributed by atoms with Gasteiger partial charge in [0.15, 0.2) is 0 Å². The van der Waals surface area contributed by atoms with E-state index in [1.807, 2.05) is 12.1 Å². The third kappa shape index (κ3) is 3.25. The van der Waals surface area contributed by atoms with Crippen molar-refractivity contribution in [3.8, 4) is 11.4 Å². The van der Waals surface area contributed by atoms with Crippen molar-refractivity contribution >= 4 is 15.9 Å². The molecule has 106 valence electrons. The van der Waals surface area contributed by atoms with Crippen LogP contribution in [0.4, 0.5) is 4.39 Å². The van der Waals surface area contributed by atoms with Crippen molar-refractivity contribution in [2.24, 2.45) is 0 Å². The molecule has 0 radical (unpaired) electrons. The van der Waals surface area contributed by atoms with Gasteiger partial charge in [-0.1, -0.05) is 28.1 Å². The van der Waals surface area contributed by atoms with E-state index < -0.39 is 0 Å². The molecular weight excluding hydrogens is 339 g/mol. The van der Waals surface area contributed by atoms with Crippen LogP contribution < -0.4 is 4.74 Å². The molecule has 5 nitrogen and oxygen atoms in total. The van der Waals surface area contributed by atoms with E-state index in [4.69, 9.17) is 4.74 Å². The summed E-state index contributed by atoms with van der Waals surface area (Å²) in [6.45, 7) is 0.151. The molecule has 3 aromatic rings. The average molecular weight is 349 g/mol. The first-order chi connectivity index (χ1) is 10.2. The molecule has 0 aliphatic carbocycles. The van der Waals surface area contributed by atoms with Gasteiger partial charge in [0.1, 0.15) is 24.5 Å². The monoisotopic (exact) mass is 348 g/mol. The lowest BCUT2D eigenvalue weighted by molar-refractivity contribution is 0.299. The first-order valence-electron chi connectivity index (χ1n) is 6.12. The SMILES string of the molecule is Fc1cc(Br)ccc1COc1cccc(-n2cnnn2)c1. The first-order valence-corrected chi connectivity index (χ1v) is 6.92. The Bertz CT molecular complexity index is 748. The Kier molecular flexibility index (Phi) is 3.92. The molecule has 1 aromatic heterocycles. The Morgan fingerprint density at radius 1 is 1.19 bits per heavy atom. The minimum absolute atomic E-state index is 0.151. The van der Waals surface area contributed by atoms with Gasteiger partial charge in [0.05, 0.1) is 5.69 Å². The topological polar surface area (TPSA) is 52.8 Å². The van der Waals surface area contributed by atoms with E-state index in [-0.39, 0.29) is 12.4 Å². The van der Waals surface area contributed by atoms with Crippen molar-refractivity contribution in [1.82, 2.24) is 20.2 Å². The van der Waals surface area contributed by atoms with Crippen LogP contribution in [-0.2, 0) is 6.61 Å². The molecule has 0 saturated heterocycles. The van der Waals surface area contributed by atoms with Crippen LogP contribution in [0, 0.1) is 5.82 Å². The molecule has 3 rings (SSSR count).